The maximum absolute atomic E-state index is 12.4. The Labute approximate surface area is 141 Å². The molecule has 0 aliphatic heterocycles. The molecule has 3 rings (SSSR count). The third-order valence-electron chi connectivity index (χ3n) is 4.17. The van der Waals surface area contributed by atoms with Crippen molar-refractivity contribution in [1.82, 2.24) is 15.3 Å². The van der Waals surface area contributed by atoms with E-state index in [4.69, 9.17) is 4.74 Å². The number of hydrogen-bond donors (Lipinski definition) is 2. The van der Waals surface area contributed by atoms with E-state index in [2.05, 4.69) is 20.6 Å². The first-order valence-electron chi connectivity index (χ1n) is 8.19. The van der Waals surface area contributed by atoms with Gasteiger partial charge in [0.05, 0.1) is 7.11 Å². The number of aryl methyl sites for hydroxylation is 3. The van der Waals surface area contributed by atoms with Crippen molar-refractivity contribution in [2.45, 2.75) is 26.2 Å². The predicted molar refractivity (Wildman–Crippen MR) is 92.6 cm³/mol. The second-order valence-corrected chi connectivity index (χ2v) is 5.86. The lowest BCUT2D eigenvalue weighted by Gasteiger charge is -2.12. The van der Waals surface area contributed by atoms with Gasteiger partial charge in [-0.05, 0) is 49.4 Å². The lowest BCUT2D eigenvalue weighted by Crippen LogP contribution is -2.29. The first kappa shape index (κ1) is 16.2. The molecule has 0 atom stereocenters. The number of nitrogens with zero attached hydrogens (tertiary/aromatic N) is 2. The van der Waals surface area contributed by atoms with Gasteiger partial charge < -0.3 is 15.4 Å². The number of aromatic nitrogens is 2. The van der Waals surface area contributed by atoms with Crippen molar-refractivity contribution in [3.05, 3.63) is 46.8 Å². The Morgan fingerprint density at radius 1 is 1.33 bits per heavy atom. The summed E-state index contributed by atoms with van der Waals surface area (Å²) >= 11 is 0. The third-order valence-corrected chi connectivity index (χ3v) is 4.17. The normalized spacial score (nSPS) is 12.6. The molecule has 2 N–H and O–H groups in total. The van der Waals surface area contributed by atoms with E-state index in [0.29, 0.717) is 24.5 Å². The van der Waals surface area contributed by atoms with Gasteiger partial charge in [0.2, 0.25) is 5.88 Å². The Kier molecular flexibility index (Phi) is 4.93. The average molecular weight is 326 g/mol. The van der Waals surface area contributed by atoms with E-state index in [1.807, 2.05) is 25.1 Å². The summed E-state index contributed by atoms with van der Waals surface area (Å²) < 4.78 is 5.29. The molecule has 1 amide bonds. The molecule has 0 saturated carbocycles. The third kappa shape index (κ3) is 3.48. The van der Waals surface area contributed by atoms with Crippen LogP contribution in [0.4, 0.5) is 5.82 Å². The van der Waals surface area contributed by atoms with Crippen molar-refractivity contribution in [3.63, 3.8) is 0 Å². The van der Waals surface area contributed by atoms with Gasteiger partial charge in [0.25, 0.3) is 5.91 Å². The van der Waals surface area contributed by atoms with Crippen molar-refractivity contribution in [2.24, 2.45) is 0 Å². The number of pyridine rings is 2. The van der Waals surface area contributed by atoms with E-state index in [9.17, 15) is 4.79 Å². The van der Waals surface area contributed by atoms with Crippen LogP contribution in [0.1, 0.15) is 33.6 Å². The summed E-state index contributed by atoms with van der Waals surface area (Å²) in [6.45, 7) is 3.09. The number of amides is 1. The summed E-state index contributed by atoms with van der Waals surface area (Å²) in [4.78, 5) is 21.2. The van der Waals surface area contributed by atoms with Crippen molar-refractivity contribution < 1.29 is 9.53 Å². The molecule has 1 aliphatic carbocycles. The quantitative estimate of drug-likeness (QED) is 0.795. The minimum absolute atomic E-state index is 0.159. The van der Waals surface area contributed by atoms with Crippen molar-refractivity contribution >= 4 is 11.7 Å². The number of ether oxygens (including phenoxy) is 1. The predicted octanol–water partition coefficient (Wildman–Crippen LogP) is 2.12. The number of methoxy groups -OCH3 is 1. The Hall–Kier alpha value is -2.63. The van der Waals surface area contributed by atoms with Crippen LogP contribution in [-0.2, 0) is 12.8 Å². The average Bonchev–Trinajstić information content (AvgIpc) is 3.06. The van der Waals surface area contributed by atoms with Crippen LogP contribution in [0.15, 0.2) is 24.4 Å². The molecular weight excluding hydrogens is 304 g/mol. The molecule has 2 aromatic rings. The topological polar surface area (TPSA) is 76.1 Å². The summed E-state index contributed by atoms with van der Waals surface area (Å²) in [6, 6.07) is 5.81. The highest BCUT2D eigenvalue weighted by Gasteiger charge is 2.20. The van der Waals surface area contributed by atoms with Crippen LogP contribution in [-0.4, -0.2) is 36.1 Å². The largest absolute Gasteiger partial charge is 0.480 e. The number of hydrogen-bond acceptors (Lipinski definition) is 5. The molecule has 0 aromatic carbocycles. The number of fused-ring (bicyclic) bond motifs is 1. The van der Waals surface area contributed by atoms with Crippen molar-refractivity contribution in [1.29, 1.82) is 0 Å². The zero-order valence-corrected chi connectivity index (χ0v) is 14.1. The minimum Gasteiger partial charge on any atom is -0.480 e. The first-order valence-corrected chi connectivity index (χ1v) is 8.19. The summed E-state index contributed by atoms with van der Waals surface area (Å²) in [5.41, 5.74) is 3.79. The van der Waals surface area contributed by atoms with E-state index < -0.39 is 0 Å². The Morgan fingerprint density at radius 2 is 2.21 bits per heavy atom. The Balaban J connectivity index is 1.58. The van der Waals surface area contributed by atoms with E-state index in [0.717, 1.165) is 41.9 Å². The fraction of sp³-hybridized carbons (Fsp3) is 0.389. The highest BCUT2D eigenvalue weighted by Crippen LogP contribution is 2.26. The van der Waals surface area contributed by atoms with Gasteiger partial charge in [-0.15, -0.1) is 0 Å². The molecule has 0 fully saturated rings. The van der Waals surface area contributed by atoms with E-state index >= 15 is 0 Å². The standard InChI is InChI=1S/C18H22N4O2/c1-12-5-4-8-19-16(12)20-9-10-21-17(23)14-11-13-6-3-7-15(13)22-18(14)24-2/h4-5,8,11H,3,6-7,9-10H2,1-2H3,(H,19,20)(H,21,23). The number of rotatable bonds is 6. The fourth-order valence-electron chi connectivity index (χ4n) is 2.89. The van der Waals surface area contributed by atoms with Crippen LogP contribution in [0.2, 0.25) is 0 Å². The molecule has 0 bridgehead atoms. The lowest BCUT2D eigenvalue weighted by atomic mass is 10.1. The molecule has 2 aromatic heterocycles. The van der Waals surface area contributed by atoms with Crippen molar-refractivity contribution in [3.8, 4) is 5.88 Å². The molecule has 0 unspecified atom stereocenters. The lowest BCUT2D eigenvalue weighted by molar-refractivity contribution is 0.0951. The van der Waals surface area contributed by atoms with Crippen LogP contribution in [0.3, 0.4) is 0 Å². The minimum atomic E-state index is -0.159. The zero-order chi connectivity index (χ0) is 16.9. The van der Waals surface area contributed by atoms with E-state index in [1.54, 1.807) is 13.3 Å². The van der Waals surface area contributed by atoms with E-state index in [1.165, 1.54) is 0 Å². The highest BCUT2D eigenvalue weighted by molar-refractivity contribution is 5.96. The molecule has 1 aliphatic rings. The van der Waals surface area contributed by atoms with Crippen LogP contribution < -0.4 is 15.4 Å². The zero-order valence-electron chi connectivity index (χ0n) is 14.1. The SMILES string of the molecule is COc1nc2c(cc1C(=O)NCCNc1ncccc1C)CCC2. The molecule has 6 nitrogen and oxygen atoms in total. The Morgan fingerprint density at radius 3 is 3.00 bits per heavy atom. The maximum atomic E-state index is 12.4. The summed E-state index contributed by atoms with van der Waals surface area (Å²) in [5, 5.41) is 6.12. The van der Waals surface area contributed by atoms with Gasteiger partial charge in [0.1, 0.15) is 11.4 Å². The fourth-order valence-corrected chi connectivity index (χ4v) is 2.89. The number of anilines is 1. The summed E-state index contributed by atoms with van der Waals surface area (Å²) in [5.74, 6) is 1.08. The molecule has 6 heteroatoms. The van der Waals surface area contributed by atoms with Gasteiger partial charge in [-0.25, -0.2) is 9.97 Å². The van der Waals surface area contributed by atoms with Crippen LogP contribution >= 0.6 is 0 Å². The molecule has 0 saturated heterocycles. The van der Waals surface area contributed by atoms with Crippen LogP contribution in [0, 0.1) is 6.92 Å². The molecule has 0 radical (unpaired) electrons. The Bertz CT molecular complexity index is 746. The smallest absolute Gasteiger partial charge is 0.256 e. The first-order chi connectivity index (χ1) is 11.7. The van der Waals surface area contributed by atoms with Crippen LogP contribution in [0.25, 0.3) is 0 Å². The van der Waals surface area contributed by atoms with Gasteiger partial charge in [-0.3, -0.25) is 4.79 Å². The van der Waals surface area contributed by atoms with Crippen molar-refractivity contribution in [2.75, 3.05) is 25.5 Å². The van der Waals surface area contributed by atoms with Crippen LogP contribution in [0.5, 0.6) is 5.88 Å². The van der Waals surface area contributed by atoms with Gasteiger partial charge in [0, 0.05) is 25.0 Å². The molecule has 0 spiro atoms. The summed E-state index contributed by atoms with van der Waals surface area (Å²) in [6.07, 6.45) is 4.77. The van der Waals surface area contributed by atoms with Gasteiger partial charge in [-0.1, -0.05) is 6.07 Å². The maximum Gasteiger partial charge on any atom is 0.256 e. The van der Waals surface area contributed by atoms with Gasteiger partial charge in [0.15, 0.2) is 0 Å². The molecule has 126 valence electrons. The van der Waals surface area contributed by atoms with Gasteiger partial charge >= 0.3 is 0 Å². The van der Waals surface area contributed by atoms with Gasteiger partial charge in [-0.2, -0.15) is 0 Å². The second-order valence-electron chi connectivity index (χ2n) is 5.86. The highest BCUT2D eigenvalue weighted by atomic mass is 16.5. The van der Waals surface area contributed by atoms with E-state index in [-0.39, 0.29) is 5.91 Å². The molecular formula is C18H22N4O2. The summed E-state index contributed by atoms with van der Waals surface area (Å²) in [7, 11) is 1.55. The number of carbonyl (C=O) groups excluding carboxylic acids is 1. The monoisotopic (exact) mass is 326 g/mol. The second kappa shape index (κ2) is 7.29. The molecule has 2 heterocycles. The number of nitrogens with one attached hydrogen (secondary N) is 2. The molecule has 24 heavy (non-hydrogen) atoms. The number of carbonyl (C=O) groups is 1.